The summed E-state index contributed by atoms with van der Waals surface area (Å²) in [6.45, 7) is 10.9. The Morgan fingerprint density at radius 3 is 2.45 bits per heavy atom. The smallest absolute Gasteiger partial charge is 0.249 e. The lowest BCUT2D eigenvalue weighted by atomic mass is 9.86. The molecule has 5 heterocycles. The fourth-order valence-electron chi connectivity index (χ4n) is 6.81. The van der Waals surface area contributed by atoms with Gasteiger partial charge in [0.2, 0.25) is 5.91 Å². The maximum atomic E-state index is 13.3. The molecule has 0 spiro atoms. The Morgan fingerprint density at radius 2 is 1.74 bits per heavy atom. The Labute approximate surface area is 276 Å². The van der Waals surface area contributed by atoms with Crippen LogP contribution in [0.5, 0.6) is 0 Å². The first-order valence-electron chi connectivity index (χ1n) is 16.1. The number of sulfone groups is 1. The quantitative estimate of drug-likeness (QED) is 0.281. The first-order valence-corrected chi connectivity index (χ1v) is 17.9. The average Bonchev–Trinajstić information content (AvgIpc) is 3.04. The van der Waals surface area contributed by atoms with Gasteiger partial charge in [-0.05, 0) is 81.3 Å². The molecule has 4 aromatic rings. The number of fused-ring (bicyclic) bond motifs is 1. The van der Waals surface area contributed by atoms with Gasteiger partial charge < -0.3 is 20.1 Å². The van der Waals surface area contributed by atoms with Gasteiger partial charge in [0.25, 0.3) is 0 Å². The van der Waals surface area contributed by atoms with E-state index in [1.807, 2.05) is 36.4 Å². The SMILES string of the molecule is Cc1ccc(C(N)=O)c([C@H](CCN2CCOCC2)c2cc3nc(-c4cccc(N5C[C@@H](C)O[C@@H](C)C5)n4)ccc3cn2)c1S(C)(=O)=O. The summed E-state index contributed by atoms with van der Waals surface area (Å²) in [5.41, 5.74) is 9.76. The summed E-state index contributed by atoms with van der Waals surface area (Å²) >= 11 is 0. The number of nitrogens with zero attached hydrogens (tertiary/aromatic N) is 5. The van der Waals surface area contributed by atoms with Crippen molar-refractivity contribution in [3.05, 3.63) is 77.1 Å². The zero-order chi connectivity index (χ0) is 33.3. The van der Waals surface area contributed by atoms with E-state index in [2.05, 4.69) is 23.6 Å². The molecule has 0 aliphatic carbocycles. The van der Waals surface area contributed by atoms with Gasteiger partial charge in [0.1, 0.15) is 5.82 Å². The third kappa shape index (κ3) is 7.30. The summed E-state index contributed by atoms with van der Waals surface area (Å²) in [5.74, 6) is -0.346. The van der Waals surface area contributed by atoms with Gasteiger partial charge in [-0.2, -0.15) is 0 Å². The number of amides is 1. The third-order valence-corrected chi connectivity index (χ3v) is 10.2. The number of nitrogens with two attached hydrogens (primary N) is 1. The number of aryl methyl sites for hydroxylation is 1. The number of carbonyl (C=O) groups excluding carboxylic acids is 1. The molecule has 3 aromatic heterocycles. The Bertz CT molecular complexity index is 1890. The molecule has 2 saturated heterocycles. The van der Waals surface area contributed by atoms with Gasteiger partial charge in [-0.1, -0.05) is 12.1 Å². The molecule has 248 valence electrons. The molecule has 2 aliphatic rings. The van der Waals surface area contributed by atoms with Crippen LogP contribution in [0, 0.1) is 6.92 Å². The first-order chi connectivity index (χ1) is 22.5. The molecule has 0 radical (unpaired) electrons. The molecule has 0 saturated carbocycles. The van der Waals surface area contributed by atoms with Crippen LogP contribution < -0.4 is 10.6 Å². The second-order valence-corrected chi connectivity index (χ2v) is 14.6. The summed E-state index contributed by atoms with van der Waals surface area (Å²) in [5, 5.41) is 0.833. The summed E-state index contributed by atoms with van der Waals surface area (Å²) < 4.78 is 38.0. The van der Waals surface area contributed by atoms with E-state index < -0.39 is 21.7 Å². The van der Waals surface area contributed by atoms with Crippen molar-refractivity contribution >= 4 is 32.5 Å². The number of ether oxygens (including phenoxy) is 2. The normalized spacial score (nSPS) is 20.0. The van der Waals surface area contributed by atoms with Crippen LogP contribution in [0.3, 0.4) is 0 Å². The van der Waals surface area contributed by atoms with Crippen molar-refractivity contribution < 1.29 is 22.7 Å². The summed E-state index contributed by atoms with van der Waals surface area (Å²) in [4.78, 5) is 32.2. The van der Waals surface area contributed by atoms with E-state index in [-0.39, 0.29) is 22.7 Å². The molecule has 0 unspecified atom stereocenters. The van der Waals surface area contributed by atoms with Crippen LogP contribution in [-0.4, -0.2) is 98.6 Å². The molecule has 1 amide bonds. The van der Waals surface area contributed by atoms with Crippen molar-refractivity contribution in [3.8, 4) is 11.4 Å². The largest absolute Gasteiger partial charge is 0.379 e. The third-order valence-electron chi connectivity index (χ3n) is 8.91. The minimum Gasteiger partial charge on any atom is -0.379 e. The van der Waals surface area contributed by atoms with Gasteiger partial charge >= 0.3 is 0 Å². The van der Waals surface area contributed by atoms with Crippen molar-refractivity contribution in [3.63, 3.8) is 0 Å². The maximum absolute atomic E-state index is 13.3. The number of carbonyl (C=O) groups is 1. The first kappa shape index (κ1) is 33.0. The highest BCUT2D eigenvalue weighted by atomic mass is 32.2. The molecular formula is C35H42N6O5S. The van der Waals surface area contributed by atoms with Gasteiger partial charge in [-0.25, -0.2) is 18.4 Å². The fraction of sp³-hybridized carbons (Fsp3) is 0.429. The van der Waals surface area contributed by atoms with E-state index in [1.165, 1.54) is 6.26 Å². The second kappa shape index (κ2) is 13.6. The lowest BCUT2D eigenvalue weighted by molar-refractivity contribution is -0.00545. The topological polar surface area (TPSA) is 141 Å². The van der Waals surface area contributed by atoms with Crippen molar-refractivity contribution in [1.29, 1.82) is 0 Å². The summed E-state index contributed by atoms with van der Waals surface area (Å²) in [7, 11) is -3.73. The summed E-state index contributed by atoms with van der Waals surface area (Å²) in [6.07, 6.45) is 3.66. The molecule has 2 aliphatic heterocycles. The fourth-order valence-corrected chi connectivity index (χ4v) is 8.11. The molecule has 2 fully saturated rings. The van der Waals surface area contributed by atoms with Crippen LogP contribution in [0.2, 0.25) is 0 Å². The van der Waals surface area contributed by atoms with E-state index in [9.17, 15) is 13.2 Å². The Balaban J connectivity index is 1.43. The second-order valence-electron chi connectivity index (χ2n) is 12.6. The lowest BCUT2D eigenvalue weighted by Crippen LogP contribution is -2.45. The number of aromatic nitrogens is 3. The van der Waals surface area contributed by atoms with Crippen LogP contribution in [0.1, 0.15) is 53.4 Å². The molecule has 1 aromatic carbocycles. The minimum absolute atomic E-state index is 0.108. The number of hydrogen-bond donors (Lipinski definition) is 1. The lowest BCUT2D eigenvalue weighted by Gasteiger charge is -2.36. The number of benzene rings is 1. The minimum atomic E-state index is -3.73. The predicted octanol–water partition coefficient (Wildman–Crippen LogP) is 3.97. The standard InChI is InChI=1S/C35H42N6O5S/c1-22-8-10-27(35(36)42)33(34(22)47(4,43)44)26(12-13-40-14-16-45-17-15-40)31-18-30-25(19-37-31)9-11-29(38-30)28-6-5-7-32(39-28)41-20-23(2)46-24(3)21-41/h5-11,18-19,23-24,26H,12-17,20-21H2,1-4H3,(H2,36,42)/t23-,24+,26-/m1/s1. The van der Waals surface area contributed by atoms with Gasteiger partial charge in [0.15, 0.2) is 9.84 Å². The highest BCUT2D eigenvalue weighted by Crippen LogP contribution is 2.37. The monoisotopic (exact) mass is 658 g/mol. The van der Waals surface area contributed by atoms with Crippen LogP contribution in [-0.2, 0) is 19.3 Å². The number of rotatable bonds is 9. The van der Waals surface area contributed by atoms with Crippen molar-refractivity contribution in [2.45, 2.75) is 50.2 Å². The van der Waals surface area contributed by atoms with Crippen LogP contribution >= 0.6 is 0 Å². The Hall–Kier alpha value is -3.97. The number of anilines is 1. The highest BCUT2D eigenvalue weighted by Gasteiger charge is 2.31. The molecule has 47 heavy (non-hydrogen) atoms. The van der Waals surface area contributed by atoms with Gasteiger partial charge in [-0.15, -0.1) is 0 Å². The molecule has 11 nitrogen and oxygen atoms in total. The molecule has 2 N–H and O–H groups in total. The highest BCUT2D eigenvalue weighted by molar-refractivity contribution is 7.90. The Morgan fingerprint density at radius 1 is 1.02 bits per heavy atom. The van der Waals surface area contributed by atoms with E-state index in [0.29, 0.717) is 54.2 Å². The Kier molecular flexibility index (Phi) is 9.56. The van der Waals surface area contributed by atoms with E-state index in [4.69, 9.17) is 30.2 Å². The zero-order valence-electron chi connectivity index (χ0n) is 27.3. The zero-order valence-corrected chi connectivity index (χ0v) is 28.2. The molecule has 0 bridgehead atoms. The van der Waals surface area contributed by atoms with Crippen LogP contribution in [0.15, 0.2) is 59.6 Å². The maximum Gasteiger partial charge on any atom is 0.249 e. The summed E-state index contributed by atoms with van der Waals surface area (Å²) in [6, 6.07) is 15.0. The molecule has 3 atom stereocenters. The number of morpholine rings is 2. The van der Waals surface area contributed by atoms with Gasteiger partial charge in [0.05, 0.1) is 52.9 Å². The van der Waals surface area contributed by atoms with Crippen LogP contribution in [0.25, 0.3) is 22.3 Å². The number of hydrogen-bond acceptors (Lipinski definition) is 10. The average molecular weight is 659 g/mol. The number of primary amides is 1. The van der Waals surface area contributed by atoms with Gasteiger partial charge in [-0.3, -0.25) is 14.7 Å². The van der Waals surface area contributed by atoms with Crippen molar-refractivity contribution in [2.75, 3.05) is 57.1 Å². The van der Waals surface area contributed by atoms with E-state index in [1.54, 1.807) is 25.3 Å². The van der Waals surface area contributed by atoms with Crippen LogP contribution in [0.4, 0.5) is 5.82 Å². The van der Waals surface area contributed by atoms with E-state index >= 15 is 0 Å². The molecular weight excluding hydrogens is 616 g/mol. The van der Waals surface area contributed by atoms with E-state index in [0.717, 1.165) is 43.1 Å². The predicted molar refractivity (Wildman–Crippen MR) is 182 cm³/mol. The molecule has 6 rings (SSSR count). The van der Waals surface area contributed by atoms with Crippen molar-refractivity contribution in [1.82, 2.24) is 19.9 Å². The van der Waals surface area contributed by atoms with Gasteiger partial charge in [0, 0.05) is 55.5 Å². The van der Waals surface area contributed by atoms with Crippen molar-refractivity contribution in [2.24, 2.45) is 5.73 Å². The molecule has 12 heteroatoms. The number of pyridine rings is 3.